The lowest BCUT2D eigenvalue weighted by atomic mass is 10.7. The van der Waals surface area contributed by atoms with Gasteiger partial charge in [0.25, 0.3) is 0 Å². The van der Waals surface area contributed by atoms with Crippen molar-refractivity contribution >= 4 is 7.82 Å². The monoisotopic (exact) mass is 170 g/mol. The van der Waals surface area contributed by atoms with Crippen molar-refractivity contribution in [1.82, 2.24) is 0 Å². The smallest absolute Gasteiger partial charge is 0.308 e. The van der Waals surface area contributed by atoms with Crippen molar-refractivity contribution in [3.63, 3.8) is 0 Å². The zero-order valence-electron chi connectivity index (χ0n) is 6.31. The topological polar surface area (TPSA) is 66.8 Å². The SMILES string of the molecule is C[N+](C)(C)COP(=O)(O)O. The molecule has 0 aromatic carbocycles. The van der Waals surface area contributed by atoms with Gasteiger partial charge in [-0.05, 0) is 0 Å². The number of phosphoric ester groups is 1. The van der Waals surface area contributed by atoms with Gasteiger partial charge >= 0.3 is 7.82 Å². The summed E-state index contributed by atoms with van der Waals surface area (Å²) < 4.78 is 14.7. The third kappa shape index (κ3) is 8.07. The van der Waals surface area contributed by atoms with Crippen LogP contribution in [-0.2, 0) is 9.09 Å². The summed E-state index contributed by atoms with van der Waals surface area (Å²) in [4.78, 5) is 16.5. The molecule has 0 unspecified atom stereocenters. The normalized spacial score (nSPS) is 13.7. The van der Waals surface area contributed by atoms with Gasteiger partial charge in [-0.2, -0.15) is 0 Å². The number of quaternary nitrogens is 1. The second-order valence-electron chi connectivity index (χ2n) is 3.04. The van der Waals surface area contributed by atoms with Crippen LogP contribution in [0.4, 0.5) is 0 Å². The van der Waals surface area contributed by atoms with Gasteiger partial charge < -0.3 is 14.3 Å². The van der Waals surface area contributed by atoms with E-state index < -0.39 is 7.82 Å². The Morgan fingerprint density at radius 2 is 1.80 bits per heavy atom. The second kappa shape index (κ2) is 2.98. The summed E-state index contributed by atoms with van der Waals surface area (Å²) in [6, 6.07) is 0. The minimum atomic E-state index is -4.28. The molecule has 0 spiro atoms. The predicted molar refractivity (Wildman–Crippen MR) is 36.0 cm³/mol. The highest BCUT2D eigenvalue weighted by Crippen LogP contribution is 2.35. The van der Waals surface area contributed by atoms with E-state index in [-0.39, 0.29) is 6.73 Å². The highest BCUT2D eigenvalue weighted by atomic mass is 31.2. The lowest BCUT2D eigenvalue weighted by Gasteiger charge is -2.22. The van der Waals surface area contributed by atoms with E-state index in [1.807, 2.05) is 0 Å². The van der Waals surface area contributed by atoms with Crippen LogP contribution in [0.15, 0.2) is 0 Å². The van der Waals surface area contributed by atoms with Gasteiger partial charge in [0.2, 0.25) is 0 Å². The van der Waals surface area contributed by atoms with E-state index in [2.05, 4.69) is 4.52 Å². The Bertz CT molecular complexity index is 146. The first-order valence-corrected chi connectivity index (χ1v) is 4.24. The molecule has 0 aromatic rings. The fraction of sp³-hybridized carbons (Fsp3) is 1.00. The lowest BCUT2D eigenvalue weighted by molar-refractivity contribution is -0.887. The largest absolute Gasteiger partial charge is 0.474 e. The molecular weight excluding hydrogens is 157 g/mol. The molecule has 0 saturated heterocycles. The van der Waals surface area contributed by atoms with E-state index in [0.29, 0.717) is 4.48 Å². The van der Waals surface area contributed by atoms with Crippen LogP contribution in [0.2, 0.25) is 0 Å². The van der Waals surface area contributed by atoms with Gasteiger partial charge in [-0.1, -0.05) is 0 Å². The van der Waals surface area contributed by atoms with Gasteiger partial charge in [0.05, 0.1) is 21.1 Å². The summed E-state index contributed by atoms with van der Waals surface area (Å²) in [7, 11) is 1.04. The number of phosphoric acid groups is 1. The quantitative estimate of drug-likeness (QED) is 0.348. The predicted octanol–water partition coefficient (Wildman–Crippen LogP) is -0.241. The Morgan fingerprint density at radius 1 is 1.40 bits per heavy atom. The van der Waals surface area contributed by atoms with Crippen molar-refractivity contribution in [3.8, 4) is 0 Å². The first kappa shape index (κ1) is 10.1. The van der Waals surface area contributed by atoms with Crippen molar-refractivity contribution in [2.45, 2.75) is 0 Å². The van der Waals surface area contributed by atoms with Gasteiger partial charge in [-0.25, -0.2) is 9.09 Å². The second-order valence-corrected chi connectivity index (χ2v) is 4.28. The van der Waals surface area contributed by atoms with E-state index >= 15 is 0 Å². The van der Waals surface area contributed by atoms with Crippen LogP contribution in [0.3, 0.4) is 0 Å². The van der Waals surface area contributed by atoms with E-state index in [0.717, 1.165) is 0 Å². The molecule has 0 saturated carbocycles. The van der Waals surface area contributed by atoms with Crippen LogP contribution in [0.5, 0.6) is 0 Å². The molecule has 0 rings (SSSR count). The summed E-state index contributed by atoms with van der Waals surface area (Å²) in [5, 5.41) is 0. The molecule has 0 atom stereocenters. The average Bonchev–Trinajstić information content (AvgIpc) is 1.57. The number of hydrogen-bond acceptors (Lipinski definition) is 2. The van der Waals surface area contributed by atoms with Crippen LogP contribution >= 0.6 is 7.82 Å². The number of nitrogens with zero attached hydrogens (tertiary/aromatic N) is 1. The Kier molecular flexibility index (Phi) is 3.00. The molecule has 0 aliphatic carbocycles. The maximum Gasteiger partial charge on any atom is 0.474 e. The molecule has 5 nitrogen and oxygen atoms in total. The van der Waals surface area contributed by atoms with E-state index in [1.54, 1.807) is 21.1 Å². The molecule has 0 aromatic heterocycles. The third-order valence-corrected chi connectivity index (χ3v) is 1.07. The maximum absolute atomic E-state index is 10.1. The Balaban J connectivity index is 3.67. The van der Waals surface area contributed by atoms with Crippen molar-refractivity contribution in [1.29, 1.82) is 0 Å². The fourth-order valence-electron chi connectivity index (χ4n) is 0.248. The Hall–Kier alpha value is 0.0700. The van der Waals surface area contributed by atoms with E-state index in [4.69, 9.17) is 9.79 Å². The van der Waals surface area contributed by atoms with Crippen LogP contribution in [0.1, 0.15) is 0 Å². The van der Waals surface area contributed by atoms with Crippen molar-refractivity contribution in [2.24, 2.45) is 0 Å². The molecule has 0 aliphatic heterocycles. The molecule has 0 radical (unpaired) electrons. The van der Waals surface area contributed by atoms with Crippen molar-refractivity contribution < 1.29 is 23.4 Å². The number of hydrogen-bond donors (Lipinski definition) is 2. The minimum absolute atomic E-state index is 0.00424. The highest BCUT2D eigenvalue weighted by Gasteiger charge is 2.18. The summed E-state index contributed by atoms with van der Waals surface area (Å²) >= 11 is 0. The third-order valence-electron chi connectivity index (χ3n) is 0.613. The first-order valence-electron chi connectivity index (χ1n) is 2.71. The summed E-state index contributed by atoms with van der Waals surface area (Å²) in [6.07, 6.45) is 0. The molecule has 62 valence electrons. The van der Waals surface area contributed by atoms with Crippen LogP contribution in [0, 0.1) is 0 Å². The van der Waals surface area contributed by atoms with Crippen molar-refractivity contribution in [2.75, 3.05) is 27.9 Å². The fourth-order valence-corrected chi connectivity index (χ4v) is 0.745. The highest BCUT2D eigenvalue weighted by molar-refractivity contribution is 7.46. The average molecular weight is 170 g/mol. The van der Waals surface area contributed by atoms with Gasteiger partial charge in [0.15, 0.2) is 6.73 Å². The maximum atomic E-state index is 10.1. The molecule has 0 fully saturated rings. The van der Waals surface area contributed by atoms with E-state index in [9.17, 15) is 4.57 Å². The molecule has 10 heavy (non-hydrogen) atoms. The molecule has 6 heteroatoms. The van der Waals surface area contributed by atoms with Crippen molar-refractivity contribution in [3.05, 3.63) is 0 Å². The molecular formula is C4H13NO4P+. The zero-order chi connectivity index (χ0) is 8.41. The summed E-state index contributed by atoms with van der Waals surface area (Å²) in [6.45, 7) is 0.00424. The standard InChI is InChI=1S/C4H12NO4P/c1-5(2,3)4-9-10(6,7)8/h4H2,1-3H3,(H-,6,7,8)/p+1. The Morgan fingerprint density at radius 3 is 1.90 bits per heavy atom. The Labute approximate surface area is 60.1 Å². The molecule has 0 aliphatic rings. The number of rotatable bonds is 3. The minimum Gasteiger partial charge on any atom is -0.308 e. The van der Waals surface area contributed by atoms with E-state index in [1.165, 1.54) is 0 Å². The van der Waals surface area contributed by atoms with Crippen LogP contribution in [-0.4, -0.2) is 42.1 Å². The lowest BCUT2D eigenvalue weighted by Crippen LogP contribution is -2.36. The zero-order valence-corrected chi connectivity index (χ0v) is 7.21. The van der Waals surface area contributed by atoms with Crippen LogP contribution in [0.25, 0.3) is 0 Å². The summed E-state index contributed by atoms with van der Waals surface area (Å²) in [5.74, 6) is 0. The first-order chi connectivity index (χ1) is 4.21. The van der Waals surface area contributed by atoms with Gasteiger partial charge in [0.1, 0.15) is 0 Å². The van der Waals surface area contributed by atoms with Gasteiger partial charge in [-0.15, -0.1) is 0 Å². The van der Waals surface area contributed by atoms with Crippen LogP contribution < -0.4 is 0 Å². The molecule has 0 bridgehead atoms. The molecule has 2 N–H and O–H groups in total. The van der Waals surface area contributed by atoms with Gasteiger partial charge in [-0.3, -0.25) is 0 Å². The molecule has 0 heterocycles. The summed E-state index contributed by atoms with van der Waals surface area (Å²) in [5.41, 5.74) is 0. The van der Waals surface area contributed by atoms with Gasteiger partial charge in [0, 0.05) is 0 Å². The molecule has 0 amide bonds.